The summed E-state index contributed by atoms with van der Waals surface area (Å²) in [7, 11) is 0. The minimum absolute atomic E-state index is 0.0184. The fourth-order valence-corrected chi connectivity index (χ4v) is 6.09. The van der Waals surface area contributed by atoms with Gasteiger partial charge in [0.05, 0.1) is 6.10 Å². The number of hydrogen-bond donors (Lipinski definition) is 1. The minimum atomic E-state index is -0.570. The Kier molecular flexibility index (Phi) is 4.14. The standard InChI is InChI=1S/C21H27F2NO2/c1-4-17(25)24-19-20(2,3)12-9-15-18(26-8-7-21(15,19)11-12)14-6-5-13(22)10-16(14)23/h5-6,10,12,15,18-19H,4,7-9,11H2,1-3H3,(H,24,25)/t12-,15-,18-,19-,21?/m1/s1. The molecule has 2 saturated carbocycles. The van der Waals surface area contributed by atoms with Gasteiger partial charge in [-0.25, -0.2) is 8.78 Å². The highest BCUT2D eigenvalue weighted by atomic mass is 19.1. The van der Waals surface area contributed by atoms with Gasteiger partial charge in [0.25, 0.3) is 0 Å². The Morgan fingerprint density at radius 2 is 2.12 bits per heavy atom. The van der Waals surface area contributed by atoms with E-state index in [9.17, 15) is 13.6 Å². The molecule has 142 valence electrons. The van der Waals surface area contributed by atoms with E-state index in [1.54, 1.807) is 0 Å². The van der Waals surface area contributed by atoms with Gasteiger partial charge in [-0.2, -0.15) is 0 Å². The number of rotatable bonds is 3. The van der Waals surface area contributed by atoms with Crippen molar-refractivity contribution in [2.75, 3.05) is 6.61 Å². The molecule has 1 spiro atoms. The fourth-order valence-electron chi connectivity index (χ4n) is 6.09. The van der Waals surface area contributed by atoms with E-state index in [0.29, 0.717) is 24.5 Å². The van der Waals surface area contributed by atoms with E-state index in [1.807, 2.05) is 6.92 Å². The molecule has 1 unspecified atom stereocenters. The van der Waals surface area contributed by atoms with Crippen LogP contribution in [0.4, 0.5) is 8.78 Å². The summed E-state index contributed by atoms with van der Waals surface area (Å²) in [6.45, 7) is 6.89. The van der Waals surface area contributed by atoms with Crippen LogP contribution >= 0.6 is 0 Å². The van der Waals surface area contributed by atoms with Crippen LogP contribution in [0.25, 0.3) is 0 Å². The molecule has 3 fully saturated rings. The highest BCUT2D eigenvalue weighted by Crippen LogP contribution is 2.70. The third kappa shape index (κ3) is 2.43. The smallest absolute Gasteiger partial charge is 0.219 e. The molecule has 0 radical (unpaired) electrons. The summed E-state index contributed by atoms with van der Waals surface area (Å²) in [5.41, 5.74) is 0.397. The van der Waals surface area contributed by atoms with Gasteiger partial charge < -0.3 is 10.1 Å². The predicted octanol–water partition coefficient (Wildman–Crippen LogP) is 4.37. The van der Waals surface area contributed by atoms with Crippen LogP contribution in [-0.2, 0) is 9.53 Å². The maximum Gasteiger partial charge on any atom is 0.219 e. The Hall–Kier alpha value is -1.49. The van der Waals surface area contributed by atoms with E-state index in [2.05, 4.69) is 19.2 Å². The molecule has 3 nitrogen and oxygen atoms in total. The van der Waals surface area contributed by atoms with Gasteiger partial charge in [0, 0.05) is 30.7 Å². The summed E-state index contributed by atoms with van der Waals surface area (Å²) in [5, 5.41) is 3.29. The lowest BCUT2D eigenvalue weighted by atomic mass is 9.58. The lowest BCUT2D eigenvalue weighted by Gasteiger charge is -2.53. The molecule has 1 aromatic carbocycles. The number of fused-ring (bicyclic) bond motifs is 1. The molecule has 1 saturated heterocycles. The molecule has 1 aliphatic heterocycles. The average Bonchev–Trinajstić information content (AvgIpc) is 3.08. The monoisotopic (exact) mass is 363 g/mol. The number of nitrogens with one attached hydrogen (secondary N) is 1. The van der Waals surface area contributed by atoms with Gasteiger partial charge >= 0.3 is 0 Å². The first kappa shape index (κ1) is 17.9. The average molecular weight is 363 g/mol. The van der Waals surface area contributed by atoms with Crippen molar-refractivity contribution >= 4 is 5.91 Å². The van der Waals surface area contributed by atoms with Crippen LogP contribution in [-0.4, -0.2) is 18.6 Å². The second-order valence-corrected chi connectivity index (χ2v) is 8.86. The van der Waals surface area contributed by atoms with Crippen molar-refractivity contribution < 1.29 is 18.3 Å². The van der Waals surface area contributed by atoms with E-state index in [1.165, 1.54) is 12.1 Å². The molecule has 5 heteroatoms. The summed E-state index contributed by atoms with van der Waals surface area (Å²) < 4.78 is 33.8. The second-order valence-electron chi connectivity index (χ2n) is 8.86. The van der Waals surface area contributed by atoms with Crippen molar-refractivity contribution in [2.45, 2.75) is 58.6 Å². The van der Waals surface area contributed by atoms with Crippen LogP contribution in [0.2, 0.25) is 0 Å². The van der Waals surface area contributed by atoms with Crippen molar-refractivity contribution in [1.29, 1.82) is 0 Å². The first-order chi connectivity index (χ1) is 12.3. The van der Waals surface area contributed by atoms with Crippen LogP contribution in [0.3, 0.4) is 0 Å². The molecular formula is C21H27F2NO2. The molecule has 2 bridgehead atoms. The molecule has 0 aromatic heterocycles. The first-order valence-corrected chi connectivity index (χ1v) is 9.65. The molecule has 2 aliphatic carbocycles. The minimum Gasteiger partial charge on any atom is -0.373 e. The Morgan fingerprint density at radius 3 is 2.81 bits per heavy atom. The lowest BCUT2D eigenvalue weighted by Crippen LogP contribution is -2.58. The van der Waals surface area contributed by atoms with E-state index >= 15 is 0 Å². The van der Waals surface area contributed by atoms with Crippen molar-refractivity contribution in [3.05, 3.63) is 35.4 Å². The van der Waals surface area contributed by atoms with Crippen molar-refractivity contribution in [1.82, 2.24) is 5.32 Å². The maximum absolute atomic E-state index is 14.5. The second kappa shape index (κ2) is 6.01. The van der Waals surface area contributed by atoms with Crippen LogP contribution < -0.4 is 5.32 Å². The van der Waals surface area contributed by atoms with Gasteiger partial charge in [-0.1, -0.05) is 26.8 Å². The Bertz CT molecular complexity index is 735. The number of benzene rings is 1. The summed E-state index contributed by atoms with van der Waals surface area (Å²) >= 11 is 0. The number of amides is 1. The zero-order valence-corrected chi connectivity index (χ0v) is 15.6. The topological polar surface area (TPSA) is 38.3 Å². The number of carbonyl (C=O) groups is 1. The van der Waals surface area contributed by atoms with Gasteiger partial charge in [0.1, 0.15) is 11.6 Å². The van der Waals surface area contributed by atoms with Crippen LogP contribution in [0, 0.1) is 34.3 Å². The summed E-state index contributed by atoms with van der Waals surface area (Å²) in [6, 6.07) is 3.83. The Morgan fingerprint density at radius 1 is 1.35 bits per heavy atom. The molecule has 5 atom stereocenters. The molecule has 4 rings (SSSR count). The number of carbonyl (C=O) groups excluding carboxylic acids is 1. The molecular weight excluding hydrogens is 336 g/mol. The molecule has 3 aliphatic rings. The fraction of sp³-hybridized carbons (Fsp3) is 0.667. The highest BCUT2D eigenvalue weighted by molar-refractivity contribution is 5.76. The molecule has 1 aromatic rings. The highest BCUT2D eigenvalue weighted by Gasteiger charge is 2.68. The van der Waals surface area contributed by atoms with E-state index in [0.717, 1.165) is 25.3 Å². The third-order valence-electron chi connectivity index (χ3n) is 7.40. The Labute approximate surface area is 153 Å². The Balaban J connectivity index is 1.71. The van der Waals surface area contributed by atoms with Gasteiger partial charge in [-0.05, 0) is 48.0 Å². The zero-order chi connectivity index (χ0) is 18.7. The summed E-state index contributed by atoms with van der Waals surface area (Å²) in [6.07, 6.45) is 2.98. The summed E-state index contributed by atoms with van der Waals surface area (Å²) in [4.78, 5) is 12.2. The van der Waals surface area contributed by atoms with E-state index in [-0.39, 0.29) is 34.8 Å². The SMILES string of the molecule is CCC(=O)N[C@@H]1C(C)(C)[C@@H]2C[C@@H]3[C@@H](c4ccc(F)cc4F)OCCC31C2. The number of ether oxygens (including phenoxy) is 1. The molecule has 1 amide bonds. The van der Waals surface area contributed by atoms with Gasteiger partial charge in [-0.3, -0.25) is 4.79 Å². The zero-order valence-electron chi connectivity index (χ0n) is 15.6. The maximum atomic E-state index is 14.5. The molecule has 26 heavy (non-hydrogen) atoms. The normalized spacial score (nSPS) is 37.4. The van der Waals surface area contributed by atoms with E-state index in [4.69, 9.17) is 4.74 Å². The lowest BCUT2D eigenvalue weighted by molar-refractivity contribution is -0.137. The van der Waals surface area contributed by atoms with Crippen LogP contribution in [0.1, 0.15) is 58.1 Å². The molecule has 1 heterocycles. The molecule has 1 N–H and O–H groups in total. The number of hydrogen-bond acceptors (Lipinski definition) is 2. The van der Waals surface area contributed by atoms with Crippen molar-refractivity contribution in [2.24, 2.45) is 22.7 Å². The van der Waals surface area contributed by atoms with Gasteiger partial charge in [-0.15, -0.1) is 0 Å². The van der Waals surface area contributed by atoms with Gasteiger partial charge in [0.15, 0.2) is 0 Å². The van der Waals surface area contributed by atoms with Crippen molar-refractivity contribution in [3.8, 4) is 0 Å². The van der Waals surface area contributed by atoms with Crippen LogP contribution in [0.5, 0.6) is 0 Å². The first-order valence-electron chi connectivity index (χ1n) is 9.65. The van der Waals surface area contributed by atoms with Crippen molar-refractivity contribution in [3.63, 3.8) is 0 Å². The van der Waals surface area contributed by atoms with Gasteiger partial charge in [0.2, 0.25) is 5.91 Å². The predicted molar refractivity (Wildman–Crippen MR) is 94.3 cm³/mol. The van der Waals surface area contributed by atoms with Crippen LogP contribution in [0.15, 0.2) is 18.2 Å². The number of halogens is 2. The quantitative estimate of drug-likeness (QED) is 0.866. The van der Waals surface area contributed by atoms with E-state index < -0.39 is 11.6 Å². The third-order valence-corrected chi connectivity index (χ3v) is 7.40. The largest absolute Gasteiger partial charge is 0.373 e. The summed E-state index contributed by atoms with van der Waals surface area (Å²) in [5.74, 6) is -0.416.